The van der Waals surface area contributed by atoms with Gasteiger partial charge >= 0.3 is 0 Å². The number of fused-ring (bicyclic) bond motifs is 1. The van der Waals surface area contributed by atoms with Gasteiger partial charge in [-0.05, 0) is 31.0 Å². The summed E-state index contributed by atoms with van der Waals surface area (Å²) >= 11 is 0. The summed E-state index contributed by atoms with van der Waals surface area (Å²) < 4.78 is 0. The number of hydrogen-bond donors (Lipinski definition) is 2. The van der Waals surface area contributed by atoms with Gasteiger partial charge in [0, 0.05) is 29.3 Å². The molecule has 2 aromatic rings. The number of benzene rings is 1. The van der Waals surface area contributed by atoms with Gasteiger partial charge in [-0.15, -0.1) is 0 Å². The SMILES string of the molecule is Nc1ccc2[nH]cc(C(=O)N3CCCCO3)c2c1. The Kier molecular flexibility index (Phi) is 2.68. The standard InChI is InChI=1S/C13H15N3O2/c14-9-3-4-12-10(7-9)11(8-15-12)13(17)16-5-1-2-6-18-16/h3-4,7-8,15H,1-2,5-6,14H2. The van der Waals surface area contributed by atoms with Crippen LogP contribution in [0.25, 0.3) is 10.9 Å². The van der Waals surface area contributed by atoms with E-state index in [0.717, 1.165) is 23.7 Å². The molecule has 1 fully saturated rings. The smallest absolute Gasteiger partial charge is 0.279 e. The number of hydrogen-bond acceptors (Lipinski definition) is 3. The number of rotatable bonds is 1. The van der Waals surface area contributed by atoms with E-state index in [4.69, 9.17) is 10.6 Å². The van der Waals surface area contributed by atoms with Crippen LogP contribution in [0.4, 0.5) is 5.69 Å². The van der Waals surface area contributed by atoms with Gasteiger partial charge in [0.15, 0.2) is 0 Å². The molecule has 0 saturated carbocycles. The zero-order chi connectivity index (χ0) is 12.5. The lowest BCUT2D eigenvalue weighted by molar-refractivity contribution is -0.144. The van der Waals surface area contributed by atoms with Crippen LogP contribution < -0.4 is 5.73 Å². The van der Waals surface area contributed by atoms with Crippen molar-refractivity contribution in [1.82, 2.24) is 10.0 Å². The van der Waals surface area contributed by atoms with Gasteiger partial charge in [0.05, 0.1) is 12.2 Å². The van der Waals surface area contributed by atoms with Crippen molar-refractivity contribution < 1.29 is 9.63 Å². The fourth-order valence-electron chi connectivity index (χ4n) is 2.21. The van der Waals surface area contributed by atoms with E-state index in [2.05, 4.69) is 4.98 Å². The van der Waals surface area contributed by atoms with Crippen LogP contribution in [0.3, 0.4) is 0 Å². The second-order valence-electron chi connectivity index (χ2n) is 4.45. The van der Waals surface area contributed by atoms with Gasteiger partial charge in [-0.3, -0.25) is 9.63 Å². The molecule has 3 rings (SSSR count). The van der Waals surface area contributed by atoms with Crippen LogP contribution in [0.5, 0.6) is 0 Å². The van der Waals surface area contributed by atoms with E-state index in [9.17, 15) is 4.79 Å². The third-order valence-electron chi connectivity index (χ3n) is 3.17. The van der Waals surface area contributed by atoms with Crippen LogP contribution >= 0.6 is 0 Å². The molecular formula is C13H15N3O2. The number of amides is 1. The average Bonchev–Trinajstić information content (AvgIpc) is 2.82. The van der Waals surface area contributed by atoms with Crippen molar-refractivity contribution in [3.8, 4) is 0 Å². The molecule has 0 atom stereocenters. The minimum absolute atomic E-state index is 0.105. The predicted molar refractivity (Wildman–Crippen MR) is 68.9 cm³/mol. The van der Waals surface area contributed by atoms with Crippen LogP contribution in [0.2, 0.25) is 0 Å². The maximum absolute atomic E-state index is 12.3. The summed E-state index contributed by atoms with van der Waals surface area (Å²) in [4.78, 5) is 20.8. The van der Waals surface area contributed by atoms with Crippen LogP contribution in [-0.4, -0.2) is 29.1 Å². The Labute approximate surface area is 104 Å². The van der Waals surface area contributed by atoms with E-state index in [1.165, 1.54) is 5.06 Å². The topological polar surface area (TPSA) is 71.4 Å². The Morgan fingerprint density at radius 2 is 2.28 bits per heavy atom. The summed E-state index contributed by atoms with van der Waals surface area (Å²) in [6.07, 6.45) is 3.70. The molecule has 0 spiro atoms. The molecule has 1 aliphatic heterocycles. The third-order valence-corrected chi connectivity index (χ3v) is 3.17. The summed E-state index contributed by atoms with van der Waals surface area (Å²) in [6.45, 7) is 1.25. The molecule has 94 valence electrons. The number of nitrogens with one attached hydrogen (secondary N) is 1. The molecule has 18 heavy (non-hydrogen) atoms. The quantitative estimate of drug-likeness (QED) is 0.754. The highest BCUT2D eigenvalue weighted by molar-refractivity contribution is 6.07. The minimum Gasteiger partial charge on any atom is -0.399 e. The lowest BCUT2D eigenvalue weighted by Gasteiger charge is -2.25. The zero-order valence-corrected chi connectivity index (χ0v) is 9.98. The van der Waals surface area contributed by atoms with Gasteiger partial charge in [0.25, 0.3) is 5.91 Å². The number of hydroxylamine groups is 2. The Bertz CT molecular complexity index is 585. The summed E-state index contributed by atoms with van der Waals surface area (Å²) in [7, 11) is 0. The summed E-state index contributed by atoms with van der Waals surface area (Å²) in [5.41, 5.74) is 7.93. The average molecular weight is 245 g/mol. The number of H-pyrrole nitrogens is 1. The monoisotopic (exact) mass is 245 g/mol. The van der Waals surface area contributed by atoms with Crippen molar-refractivity contribution >= 4 is 22.5 Å². The van der Waals surface area contributed by atoms with Crippen molar-refractivity contribution in [2.45, 2.75) is 12.8 Å². The van der Waals surface area contributed by atoms with Gasteiger partial charge in [0.2, 0.25) is 0 Å². The Morgan fingerprint density at radius 3 is 3.06 bits per heavy atom. The first kappa shape index (κ1) is 11.1. The maximum Gasteiger partial charge on any atom is 0.279 e. The largest absolute Gasteiger partial charge is 0.399 e. The number of nitrogens with zero attached hydrogens (tertiary/aromatic N) is 1. The summed E-state index contributed by atoms with van der Waals surface area (Å²) in [6, 6.07) is 5.49. The molecule has 1 aliphatic rings. The minimum atomic E-state index is -0.105. The molecule has 5 nitrogen and oxygen atoms in total. The van der Waals surface area contributed by atoms with E-state index < -0.39 is 0 Å². The molecule has 3 N–H and O–H groups in total. The van der Waals surface area contributed by atoms with E-state index in [1.807, 2.05) is 18.2 Å². The highest BCUT2D eigenvalue weighted by Crippen LogP contribution is 2.23. The fourth-order valence-corrected chi connectivity index (χ4v) is 2.21. The van der Waals surface area contributed by atoms with Gasteiger partial charge in [-0.25, -0.2) is 5.06 Å². The second-order valence-corrected chi connectivity index (χ2v) is 4.45. The molecule has 1 amide bonds. The molecule has 1 aromatic heterocycles. The van der Waals surface area contributed by atoms with Gasteiger partial charge in [-0.1, -0.05) is 0 Å². The molecule has 0 aliphatic carbocycles. The van der Waals surface area contributed by atoms with Crippen LogP contribution in [0, 0.1) is 0 Å². The third kappa shape index (κ3) is 1.82. The van der Waals surface area contributed by atoms with Crippen molar-refractivity contribution in [2.75, 3.05) is 18.9 Å². The lowest BCUT2D eigenvalue weighted by Crippen LogP contribution is -2.35. The number of nitrogen functional groups attached to an aromatic ring is 1. The van der Waals surface area contributed by atoms with Gasteiger partial charge in [0.1, 0.15) is 0 Å². The number of aromatic nitrogens is 1. The van der Waals surface area contributed by atoms with Crippen LogP contribution in [0.15, 0.2) is 24.4 Å². The first-order chi connectivity index (χ1) is 8.75. The molecule has 0 radical (unpaired) electrons. The van der Waals surface area contributed by atoms with E-state index in [-0.39, 0.29) is 5.91 Å². The molecule has 1 aromatic carbocycles. The van der Waals surface area contributed by atoms with E-state index >= 15 is 0 Å². The normalized spacial score (nSPS) is 16.1. The second kappa shape index (κ2) is 4.34. The predicted octanol–water partition coefficient (Wildman–Crippen LogP) is 1.92. The number of nitrogens with two attached hydrogens (primary N) is 1. The van der Waals surface area contributed by atoms with Crippen molar-refractivity contribution in [1.29, 1.82) is 0 Å². The molecule has 0 unspecified atom stereocenters. The van der Waals surface area contributed by atoms with Crippen LogP contribution in [0.1, 0.15) is 23.2 Å². The van der Waals surface area contributed by atoms with Crippen molar-refractivity contribution in [3.63, 3.8) is 0 Å². The first-order valence-corrected chi connectivity index (χ1v) is 6.07. The Morgan fingerprint density at radius 1 is 1.39 bits per heavy atom. The molecular weight excluding hydrogens is 230 g/mol. The number of carbonyl (C=O) groups excluding carboxylic acids is 1. The van der Waals surface area contributed by atoms with E-state index in [0.29, 0.717) is 24.4 Å². The first-order valence-electron chi connectivity index (χ1n) is 6.07. The van der Waals surface area contributed by atoms with E-state index in [1.54, 1.807) is 6.20 Å². The molecule has 0 bridgehead atoms. The number of aromatic amines is 1. The molecule has 1 saturated heterocycles. The summed E-state index contributed by atoms with van der Waals surface area (Å²) in [5.74, 6) is -0.105. The Balaban J connectivity index is 1.98. The summed E-state index contributed by atoms with van der Waals surface area (Å²) in [5, 5.41) is 2.28. The zero-order valence-electron chi connectivity index (χ0n) is 9.98. The van der Waals surface area contributed by atoms with Gasteiger partial charge < -0.3 is 10.7 Å². The number of carbonyl (C=O) groups is 1. The maximum atomic E-state index is 12.3. The van der Waals surface area contributed by atoms with Gasteiger partial charge in [-0.2, -0.15) is 0 Å². The molecule has 2 heterocycles. The highest BCUT2D eigenvalue weighted by Gasteiger charge is 2.22. The molecule has 5 heteroatoms. The van der Waals surface area contributed by atoms with Crippen molar-refractivity contribution in [2.24, 2.45) is 0 Å². The number of anilines is 1. The van der Waals surface area contributed by atoms with Crippen molar-refractivity contribution in [3.05, 3.63) is 30.0 Å². The fraction of sp³-hybridized carbons (Fsp3) is 0.308. The Hall–Kier alpha value is -2.01. The van der Waals surface area contributed by atoms with Crippen LogP contribution in [-0.2, 0) is 4.84 Å². The lowest BCUT2D eigenvalue weighted by atomic mass is 10.1. The highest BCUT2D eigenvalue weighted by atomic mass is 16.7.